The van der Waals surface area contributed by atoms with Crippen LogP contribution in [0.3, 0.4) is 0 Å². The van der Waals surface area contributed by atoms with Crippen molar-refractivity contribution in [3.63, 3.8) is 0 Å². The summed E-state index contributed by atoms with van der Waals surface area (Å²) < 4.78 is 108. The molecular weight excluding hydrogens is 823 g/mol. The maximum Gasteiger partial charge on any atom is 0.490 e. The fraction of sp³-hybridized carbons (Fsp3) is 0.440. The van der Waals surface area contributed by atoms with Gasteiger partial charge in [0.15, 0.2) is 23.3 Å². The number of nitrogens with zero attached hydrogens (tertiary/aromatic N) is 4. The highest BCUT2D eigenvalue weighted by Gasteiger charge is 2.43. The van der Waals surface area contributed by atoms with Gasteiger partial charge in [0.2, 0.25) is 5.91 Å². The second-order valence-electron chi connectivity index (χ2n) is 11.0. The van der Waals surface area contributed by atoms with Gasteiger partial charge in [-0.05, 0) is 18.4 Å². The lowest BCUT2D eigenvalue weighted by Gasteiger charge is -2.19. The van der Waals surface area contributed by atoms with E-state index in [0.717, 1.165) is 10.8 Å². The van der Waals surface area contributed by atoms with Crippen molar-refractivity contribution in [1.82, 2.24) is 20.2 Å². The number of amides is 2. The van der Waals surface area contributed by atoms with E-state index in [0.29, 0.717) is 6.42 Å². The van der Waals surface area contributed by atoms with Gasteiger partial charge in [0.25, 0.3) is 11.5 Å². The molecule has 8 N–H and O–H groups in total. The van der Waals surface area contributed by atoms with Crippen molar-refractivity contribution in [2.75, 3.05) is 19.7 Å². The van der Waals surface area contributed by atoms with Gasteiger partial charge in [-0.1, -0.05) is 23.7 Å². The van der Waals surface area contributed by atoms with Gasteiger partial charge in [-0.25, -0.2) is 36.1 Å². The van der Waals surface area contributed by atoms with Crippen LogP contribution < -0.4 is 21.9 Å². The van der Waals surface area contributed by atoms with Crippen LogP contribution in [0.1, 0.15) is 54.3 Å². The van der Waals surface area contributed by atoms with Crippen molar-refractivity contribution in [2.45, 2.75) is 50.5 Å². The number of unbranched alkanes of at least 4 members (excludes halogenated alkanes) is 2. The number of azide groups is 1. The zero-order chi connectivity index (χ0) is 41.3. The number of aliphatic hydroxyl groups excluding tert-OH is 1. The van der Waals surface area contributed by atoms with Gasteiger partial charge >= 0.3 is 29.2 Å². The van der Waals surface area contributed by atoms with E-state index in [2.05, 4.69) is 33.8 Å². The maximum atomic E-state index is 14.1. The van der Waals surface area contributed by atoms with E-state index in [1.807, 2.05) is 4.98 Å². The van der Waals surface area contributed by atoms with Crippen LogP contribution >= 0.6 is 23.5 Å². The maximum absolute atomic E-state index is 14.1. The zero-order valence-electron chi connectivity index (χ0n) is 27.5. The minimum absolute atomic E-state index is 0.0155. The Hall–Kier alpha value is -4.06. The molecule has 1 aliphatic rings. The van der Waals surface area contributed by atoms with Gasteiger partial charge < -0.3 is 40.1 Å². The van der Waals surface area contributed by atoms with E-state index in [9.17, 15) is 65.3 Å². The molecule has 1 saturated heterocycles. The Balaban J connectivity index is 1.45. The summed E-state index contributed by atoms with van der Waals surface area (Å²) in [5, 5.41) is 17.4. The first-order valence-corrected chi connectivity index (χ1v) is 19.7. The molecule has 3 rings (SSSR count). The van der Waals surface area contributed by atoms with Gasteiger partial charge in [-0.2, -0.15) is 8.62 Å². The Morgan fingerprint density at radius 2 is 1.67 bits per heavy atom. The van der Waals surface area contributed by atoms with Crippen LogP contribution in [0.15, 0.2) is 27.0 Å². The molecule has 2 amide bonds. The molecule has 30 heteroatoms. The van der Waals surface area contributed by atoms with Crippen LogP contribution in [0.4, 0.5) is 23.2 Å². The smallest absolute Gasteiger partial charge is 0.390 e. The van der Waals surface area contributed by atoms with E-state index >= 15 is 0 Å². The average molecular weight is 853 g/mol. The third-order valence-electron chi connectivity index (χ3n) is 7.02. The summed E-state index contributed by atoms with van der Waals surface area (Å²) in [7, 11) is -17.0. The number of aromatic nitrogens is 2. The number of halogens is 4. The minimum Gasteiger partial charge on any atom is -0.390 e. The van der Waals surface area contributed by atoms with E-state index in [4.69, 9.17) is 20.1 Å². The van der Waals surface area contributed by atoms with Crippen molar-refractivity contribution < 1.29 is 83.4 Å². The third kappa shape index (κ3) is 13.3. The van der Waals surface area contributed by atoms with E-state index in [-0.39, 0.29) is 44.3 Å². The Labute approximate surface area is 304 Å². The molecule has 1 aromatic heterocycles. The predicted molar refractivity (Wildman–Crippen MR) is 174 cm³/mol. The predicted octanol–water partition coefficient (Wildman–Crippen LogP) is 2.15. The van der Waals surface area contributed by atoms with Crippen LogP contribution in [0, 0.1) is 23.3 Å². The molecule has 1 fully saturated rings. The SMILES string of the molecule is [N-]=[N+]=Nc1c(F)c(F)c(C(=O)NCCCCCC(=O)NC/C=C/c2cn([C@H]3C[C@H](O)[C@@H](COP(=O)(O)OP(=O)(O)OP(=O)(O)O)O3)c(=O)[nH]c2=O)c(F)c1F. The topological polar surface area (TPSA) is 351 Å². The number of hydrogen-bond donors (Lipinski definition) is 8. The Morgan fingerprint density at radius 3 is 2.29 bits per heavy atom. The minimum atomic E-state index is -5.80. The molecule has 0 radical (unpaired) electrons. The van der Waals surface area contributed by atoms with E-state index in [1.165, 1.54) is 12.2 Å². The number of rotatable bonds is 19. The first-order valence-electron chi connectivity index (χ1n) is 15.2. The second kappa shape index (κ2) is 19.2. The van der Waals surface area contributed by atoms with Crippen molar-refractivity contribution in [3.05, 3.63) is 77.9 Å². The van der Waals surface area contributed by atoms with Crippen LogP contribution in [0.5, 0.6) is 0 Å². The standard InChI is InChI=1S/C25H30F4N7O16P3/c26-18-17(19(27)21(29)22(20(18)28)34-35-30)24(40)32-7-3-1-2-6-15(38)31-8-4-5-12-10-36(25(41)33-23(12)39)16-9-13(37)14(50-16)11-49-54(45,46)52-55(47,48)51-53(42,43)44/h4-5,10,13-14,16,37H,1-3,6-9,11H2,(H,31,38)(H,32,40)(H,45,46)(H,47,48)(H,33,39,41)(H2,42,43,44)/b5-4+/t13-,14+,16+/m0/s1. The Bertz CT molecular complexity index is 2100. The number of phosphoric ester groups is 1. The number of H-pyrrole nitrogens is 1. The number of phosphoric acid groups is 3. The fourth-order valence-electron chi connectivity index (χ4n) is 4.62. The summed E-state index contributed by atoms with van der Waals surface area (Å²) in [5.74, 6) is -10.1. The molecule has 0 bridgehead atoms. The first kappa shape index (κ1) is 45.3. The van der Waals surface area contributed by atoms with E-state index < -0.39 is 106 Å². The molecule has 55 heavy (non-hydrogen) atoms. The molecular formula is C25H30F4N7O16P3. The number of carbonyl (C=O) groups excluding carboxylic acids is 2. The molecule has 304 valence electrons. The van der Waals surface area contributed by atoms with Crippen LogP contribution in [-0.2, 0) is 36.4 Å². The first-order chi connectivity index (χ1) is 25.6. The Kier molecular flexibility index (Phi) is 15.8. The monoisotopic (exact) mass is 853 g/mol. The van der Waals surface area contributed by atoms with E-state index in [1.54, 1.807) is 0 Å². The molecule has 23 nitrogen and oxygen atoms in total. The fourth-order valence-corrected chi connectivity index (χ4v) is 7.65. The molecule has 0 spiro atoms. The van der Waals surface area contributed by atoms with Gasteiger partial charge in [-0.15, -0.1) is 0 Å². The van der Waals surface area contributed by atoms with Crippen molar-refractivity contribution in [2.24, 2.45) is 5.11 Å². The van der Waals surface area contributed by atoms with Gasteiger partial charge in [0, 0.05) is 37.0 Å². The van der Waals surface area contributed by atoms with Crippen LogP contribution in [0.2, 0.25) is 0 Å². The van der Waals surface area contributed by atoms with Crippen molar-refractivity contribution in [1.29, 1.82) is 0 Å². The van der Waals surface area contributed by atoms with Gasteiger partial charge in [0.05, 0.1) is 18.3 Å². The zero-order valence-corrected chi connectivity index (χ0v) is 30.2. The second-order valence-corrected chi connectivity index (χ2v) is 15.4. The highest BCUT2D eigenvalue weighted by atomic mass is 31.3. The highest BCUT2D eigenvalue weighted by molar-refractivity contribution is 7.66. The normalized spacial score (nSPS) is 19.4. The third-order valence-corrected chi connectivity index (χ3v) is 10.8. The number of hydrogen-bond acceptors (Lipinski definition) is 13. The van der Waals surface area contributed by atoms with Gasteiger partial charge in [0.1, 0.15) is 23.6 Å². The summed E-state index contributed by atoms with van der Waals surface area (Å²) in [6.07, 6.45) is -0.208. The number of aliphatic hydroxyl groups is 1. The number of carbonyl (C=O) groups is 2. The molecule has 5 atom stereocenters. The lowest BCUT2D eigenvalue weighted by atomic mass is 10.1. The highest BCUT2D eigenvalue weighted by Crippen LogP contribution is 2.66. The van der Waals surface area contributed by atoms with Crippen molar-refractivity contribution in [3.8, 4) is 0 Å². The summed E-state index contributed by atoms with van der Waals surface area (Å²) in [4.78, 5) is 89.1. The molecule has 2 unspecified atom stereocenters. The molecule has 1 aliphatic heterocycles. The molecule has 2 aromatic rings. The lowest BCUT2D eigenvalue weighted by Crippen LogP contribution is -2.33. The lowest BCUT2D eigenvalue weighted by molar-refractivity contribution is -0.121. The largest absolute Gasteiger partial charge is 0.490 e. The number of nitrogens with one attached hydrogen (secondary N) is 3. The summed E-state index contributed by atoms with van der Waals surface area (Å²) >= 11 is 0. The molecule has 0 saturated carbocycles. The molecule has 2 heterocycles. The summed E-state index contributed by atoms with van der Waals surface area (Å²) in [6.45, 7) is -1.29. The number of aromatic amines is 1. The summed E-state index contributed by atoms with van der Waals surface area (Å²) in [6, 6.07) is 0. The molecule has 0 aliphatic carbocycles. The quantitative estimate of drug-likeness (QED) is 0.0191. The summed E-state index contributed by atoms with van der Waals surface area (Å²) in [5.41, 5.74) is 3.19. The molecule has 1 aromatic carbocycles. The average Bonchev–Trinajstić information content (AvgIpc) is 3.43. The van der Waals surface area contributed by atoms with Crippen LogP contribution in [0.25, 0.3) is 16.5 Å². The number of ether oxygens (including phenoxy) is 1. The van der Waals surface area contributed by atoms with Crippen LogP contribution in [-0.4, -0.2) is 77.9 Å². The number of benzene rings is 1. The van der Waals surface area contributed by atoms with Crippen molar-refractivity contribution >= 4 is 47.0 Å². The van der Waals surface area contributed by atoms with Gasteiger partial charge in [-0.3, -0.25) is 28.5 Å². The Morgan fingerprint density at radius 1 is 1.02 bits per heavy atom.